The molecule has 98 valence electrons. The summed E-state index contributed by atoms with van der Waals surface area (Å²) in [6.45, 7) is 0. The van der Waals surface area contributed by atoms with Crippen molar-refractivity contribution in [2.45, 2.75) is 0 Å². The number of methoxy groups -OCH3 is 1. The van der Waals surface area contributed by atoms with Crippen LogP contribution in [0.5, 0.6) is 17.4 Å². The molecule has 0 amide bonds. The van der Waals surface area contributed by atoms with E-state index in [-0.39, 0.29) is 17.3 Å². The first-order valence-corrected chi connectivity index (χ1v) is 5.32. The average molecular weight is 261 g/mol. The second-order valence-electron chi connectivity index (χ2n) is 3.59. The number of aromatic nitrogens is 1. The zero-order valence-electron chi connectivity index (χ0n) is 10.1. The van der Waals surface area contributed by atoms with Gasteiger partial charge in [0.25, 0.3) is 0 Å². The first kappa shape index (κ1) is 12.6. The largest absolute Gasteiger partial charge is 0.497 e. The molecule has 0 fully saturated rings. The fourth-order valence-electron chi connectivity index (χ4n) is 1.45. The van der Waals surface area contributed by atoms with E-state index in [1.165, 1.54) is 31.5 Å². The third-order valence-electron chi connectivity index (χ3n) is 2.37. The van der Waals surface area contributed by atoms with Crippen LogP contribution in [0.15, 0.2) is 36.5 Å². The predicted molar refractivity (Wildman–Crippen MR) is 68.4 cm³/mol. The number of nitrogen functional groups attached to an aromatic ring is 1. The van der Waals surface area contributed by atoms with Gasteiger partial charge in [-0.15, -0.1) is 0 Å². The van der Waals surface area contributed by atoms with E-state index in [0.29, 0.717) is 11.4 Å². The van der Waals surface area contributed by atoms with E-state index in [1.807, 2.05) is 0 Å². The Bertz CT molecular complexity index is 616. The van der Waals surface area contributed by atoms with E-state index in [0.717, 1.165) is 0 Å². The second kappa shape index (κ2) is 5.21. The molecule has 1 aromatic carbocycles. The van der Waals surface area contributed by atoms with Gasteiger partial charge in [0.2, 0.25) is 11.6 Å². The van der Waals surface area contributed by atoms with E-state index < -0.39 is 4.92 Å². The summed E-state index contributed by atoms with van der Waals surface area (Å²) in [5, 5.41) is 10.9. The fourth-order valence-corrected chi connectivity index (χ4v) is 1.45. The Hall–Kier alpha value is -2.83. The molecule has 0 atom stereocenters. The number of nitrogens with two attached hydrogens (primary N) is 1. The van der Waals surface area contributed by atoms with Gasteiger partial charge < -0.3 is 15.2 Å². The highest BCUT2D eigenvalue weighted by atomic mass is 16.6. The molecule has 2 rings (SSSR count). The molecule has 2 aromatic rings. The summed E-state index contributed by atoms with van der Waals surface area (Å²) in [5.41, 5.74) is 5.78. The maximum atomic E-state index is 10.9. The van der Waals surface area contributed by atoms with Crippen molar-refractivity contribution < 1.29 is 14.4 Å². The molecule has 0 aliphatic carbocycles. The van der Waals surface area contributed by atoms with Gasteiger partial charge in [0, 0.05) is 18.3 Å². The summed E-state index contributed by atoms with van der Waals surface area (Å²) in [5.74, 6) is 0.573. The lowest BCUT2D eigenvalue weighted by molar-refractivity contribution is -0.385. The monoisotopic (exact) mass is 261 g/mol. The molecule has 0 aliphatic rings. The number of nitro benzene ring substituents is 1. The second-order valence-corrected chi connectivity index (χ2v) is 3.59. The van der Waals surface area contributed by atoms with Gasteiger partial charge in [0.1, 0.15) is 5.75 Å². The van der Waals surface area contributed by atoms with Gasteiger partial charge in [-0.3, -0.25) is 10.1 Å². The van der Waals surface area contributed by atoms with Crippen LogP contribution >= 0.6 is 0 Å². The van der Waals surface area contributed by atoms with Crippen LogP contribution in [0.1, 0.15) is 0 Å². The molecule has 0 spiro atoms. The van der Waals surface area contributed by atoms with Crippen molar-refractivity contribution in [1.29, 1.82) is 0 Å². The minimum atomic E-state index is -0.548. The molecule has 7 nitrogen and oxygen atoms in total. The Morgan fingerprint density at radius 3 is 2.79 bits per heavy atom. The number of nitro groups is 1. The molecule has 0 saturated heterocycles. The lowest BCUT2D eigenvalue weighted by Crippen LogP contribution is -1.98. The Balaban J connectivity index is 2.43. The van der Waals surface area contributed by atoms with E-state index in [9.17, 15) is 10.1 Å². The summed E-state index contributed by atoms with van der Waals surface area (Å²) in [6.07, 6.45) is 1.48. The molecule has 0 radical (unpaired) electrons. The van der Waals surface area contributed by atoms with Crippen LogP contribution in [-0.2, 0) is 0 Å². The minimum Gasteiger partial charge on any atom is -0.497 e. The first-order chi connectivity index (χ1) is 9.11. The summed E-state index contributed by atoms with van der Waals surface area (Å²) < 4.78 is 10.4. The molecule has 1 heterocycles. The zero-order valence-corrected chi connectivity index (χ0v) is 10.1. The molecule has 0 unspecified atom stereocenters. The number of hydrogen-bond donors (Lipinski definition) is 1. The van der Waals surface area contributed by atoms with Crippen LogP contribution in [0.4, 0.5) is 11.4 Å². The van der Waals surface area contributed by atoms with E-state index in [4.69, 9.17) is 15.2 Å². The lowest BCUT2D eigenvalue weighted by atomic mass is 10.3. The molecule has 7 heteroatoms. The third kappa shape index (κ3) is 2.71. The quantitative estimate of drug-likeness (QED) is 0.669. The van der Waals surface area contributed by atoms with Crippen molar-refractivity contribution in [2.75, 3.05) is 12.8 Å². The number of ether oxygens (including phenoxy) is 2. The van der Waals surface area contributed by atoms with Gasteiger partial charge in [0.15, 0.2) is 0 Å². The summed E-state index contributed by atoms with van der Waals surface area (Å²) >= 11 is 0. The van der Waals surface area contributed by atoms with Gasteiger partial charge in [-0.1, -0.05) is 0 Å². The first-order valence-electron chi connectivity index (χ1n) is 5.32. The molecule has 0 aliphatic heterocycles. The van der Waals surface area contributed by atoms with Gasteiger partial charge >= 0.3 is 5.69 Å². The Morgan fingerprint density at radius 1 is 1.37 bits per heavy atom. The smallest absolute Gasteiger partial charge is 0.311 e. The Kier molecular flexibility index (Phi) is 3.46. The number of hydrogen-bond acceptors (Lipinski definition) is 6. The molecule has 1 aromatic heterocycles. The van der Waals surface area contributed by atoms with Gasteiger partial charge in [-0.2, -0.15) is 0 Å². The number of nitrogens with zero attached hydrogens (tertiary/aromatic N) is 2. The fraction of sp³-hybridized carbons (Fsp3) is 0.0833. The topological polar surface area (TPSA) is 101 Å². The lowest BCUT2D eigenvalue weighted by Gasteiger charge is -2.08. The van der Waals surface area contributed by atoms with Crippen molar-refractivity contribution >= 4 is 11.4 Å². The standard InChI is InChI=1S/C12H11N3O4/c1-18-8-4-5-10(15(16)17)11(7-8)19-12-9(13)3-2-6-14-12/h2-7H,13H2,1H3. The summed E-state index contributed by atoms with van der Waals surface area (Å²) in [7, 11) is 1.46. The summed E-state index contributed by atoms with van der Waals surface area (Å²) in [6, 6.07) is 7.42. The van der Waals surface area contributed by atoms with Crippen LogP contribution in [-0.4, -0.2) is 17.0 Å². The van der Waals surface area contributed by atoms with Gasteiger partial charge in [-0.05, 0) is 18.2 Å². The molecular weight excluding hydrogens is 250 g/mol. The SMILES string of the molecule is COc1ccc([N+](=O)[O-])c(Oc2ncccc2N)c1. The van der Waals surface area contributed by atoms with Crippen molar-refractivity contribution in [2.24, 2.45) is 0 Å². The van der Waals surface area contributed by atoms with Crippen LogP contribution in [0.2, 0.25) is 0 Å². The van der Waals surface area contributed by atoms with E-state index in [2.05, 4.69) is 4.98 Å². The Labute approximate surface area is 108 Å². The number of anilines is 1. The number of rotatable bonds is 4. The third-order valence-corrected chi connectivity index (χ3v) is 2.37. The Morgan fingerprint density at radius 2 is 2.16 bits per heavy atom. The maximum absolute atomic E-state index is 10.9. The molecule has 0 bridgehead atoms. The molecule has 2 N–H and O–H groups in total. The van der Waals surface area contributed by atoms with Gasteiger partial charge in [-0.25, -0.2) is 4.98 Å². The van der Waals surface area contributed by atoms with Crippen LogP contribution in [0.3, 0.4) is 0 Å². The predicted octanol–water partition coefficient (Wildman–Crippen LogP) is 2.37. The normalized spacial score (nSPS) is 9.95. The zero-order chi connectivity index (χ0) is 13.8. The summed E-state index contributed by atoms with van der Waals surface area (Å²) in [4.78, 5) is 14.3. The van der Waals surface area contributed by atoms with Crippen LogP contribution < -0.4 is 15.2 Å². The van der Waals surface area contributed by atoms with E-state index >= 15 is 0 Å². The van der Waals surface area contributed by atoms with Crippen molar-refractivity contribution in [3.63, 3.8) is 0 Å². The average Bonchev–Trinajstić information content (AvgIpc) is 2.41. The van der Waals surface area contributed by atoms with Gasteiger partial charge in [0.05, 0.1) is 17.7 Å². The molecular formula is C12H11N3O4. The van der Waals surface area contributed by atoms with Crippen LogP contribution in [0.25, 0.3) is 0 Å². The highest BCUT2D eigenvalue weighted by Crippen LogP contribution is 2.35. The number of pyridine rings is 1. The van der Waals surface area contributed by atoms with Crippen molar-refractivity contribution in [3.05, 3.63) is 46.6 Å². The van der Waals surface area contributed by atoms with Crippen molar-refractivity contribution in [3.8, 4) is 17.4 Å². The maximum Gasteiger partial charge on any atom is 0.311 e. The molecule has 19 heavy (non-hydrogen) atoms. The highest BCUT2D eigenvalue weighted by Gasteiger charge is 2.18. The molecule has 0 saturated carbocycles. The van der Waals surface area contributed by atoms with Crippen LogP contribution in [0, 0.1) is 10.1 Å². The van der Waals surface area contributed by atoms with E-state index in [1.54, 1.807) is 12.1 Å². The number of benzene rings is 1. The minimum absolute atomic E-state index is 0.0229. The van der Waals surface area contributed by atoms with Crippen molar-refractivity contribution in [1.82, 2.24) is 4.98 Å². The highest BCUT2D eigenvalue weighted by molar-refractivity contribution is 5.55.